The normalized spacial score (nSPS) is 15.4. The van der Waals surface area contributed by atoms with Crippen molar-refractivity contribution in [2.24, 2.45) is 0 Å². The largest absolute Gasteiger partial charge is 0.376 e. The van der Waals surface area contributed by atoms with Crippen molar-refractivity contribution in [2.45, 2.75) is 57.7 Å². The number of amides is 2. The lowest BCUT2D eigenvalue weighted by Gasteiger charge is -2.14. The van der Waals surface area contributed by atoms with E-state index >= 15 is 0 Å². The van der Waals surface area contributed by atoms with E-state index in [1.807, 2.05) is 30.3 Å². The standard InChI is InChI=1S/C25H30N4O5S/c30-21(27-18-8-3-1-4-9-18)11-5-2-6-13-28-24(32)23-20(12-15-35-23)29(25(28)33)17-22(31)26-16-19-10-7-14-34-19/h1,3-4,8-9,12,15,19H,2,5-7,10-11,13-14,16-17H2,(H,26,31)(H,27,30). The van der Waals surface area contributed by atoms with Crippen molar-refractivity contribution in [3.05, 3.63) is 62.6 Å². The van der Waals surface area contributed by atoms with Crippen LogP contribution in [0.15, 0.2) is 51.4 Å². The van der Waals surface area contributed by atoms with Crippen molar-refractivity contribution in [1.29, 1.82) is 0 Å². The first-order valence-corrected chi connectivity index (χ1v) is 12.8. The second-order valence-electron chi connectivity index (χ2n) is 8.62. The monoisotopic (exact) mass is 498 g/mol. The van der Waals surface area contributed by atoms with Gasteiger partial charge in [-0.1, -0.05) is 24.6 Å². The highest BCUT2D eigenvalue weighted by molar-refractivity contribution is 7.17. The Morgan fingerprint density at radius 3 is 2.63 bits per heavy atom. The zero-order valence-electron chi connectivity index (χ0n) is 19.5. The Labute approximate surface area is 206 Å². The number of unbranched alkanes of at least 4 members (excludes halogenated alkanes) is 2. The van der Waals surface area contributed by atoms with Crippen molar-refractivity contribution in [3.63, 3.8) is 0 Å². The van der Waals surface area contributed by atoms with E-state index in [2.05, 4.69) is 10.6 Å². The van der Waals surface area contributed by atoms with Gasteiger partial charge in [-0.05, 0) is 49.3 Å². The fourth-order valence-electron chi connectivity index (χ4n) is 4.19. The Hall–Kier alpha value is -3.24. The third-order valence-corrected chi connectivity index (χ3v) is 6.92. The number of nitrogens with zero attached hydrogens (tertiary/aromatic N) is 2. The second kappa shape index (κ2) is 11.9. The molecular weight excluding hydrogens is 468 g/mol. The summed E-state index contributed by atoms with van der Waals surface area (Å²) in [5.41, 5.74) is 0.410. The van der Waals surface area contributed by atoms with Crippen LogP contribution in [0.5, 0.6) is 0 Å². The molecule has 0 saturated carbocycles. The molecule has 0 spiro atoms. The van der Waals surface area contributed by atoms with Crippen LogP contribution in [0.25, 0.3) is 10.2 Å². The van der Waals surface area contributed by atoms with Gasteiger partial charge >= 0.3 is 5.69 Å². The lowest BCUT2D eigenvalue weighted by atomic mass is 10.2. The average molecular weight is 499 g/mol. The minimum absolute atomic E-state index is 0.0144. The average Bonchev–Trinajstić information content (AvgIpc) is 3.55. The van der Waals surface area contributed by atoms with Crippen molar-refractivity contribution in [1.82, 2.24) is 14.5 Å². The van der Waals surface area contributed by atoms with Crippen molar-refractivity contribution >= 4 is 39.1 Å². The molecule has 3 aromatic rings. The fraction of sp³-hybridized carbons (Fsp3) is 0.440. The molecule has 2 aromatic heterocycles. The van der Waals surface area contributed by atoms with Crippen molar-refractivity contribution < 1.29 is 14.3 Å². The van der Waals surface area contributed by atoms with Gasteiger partial charge in [0.2, 0.25) is 11.8 Å². The number of benzene rings is 1. The van der Waals surface area contributed by atoms with E-state index in [4.69, 9.17) is 4.74 Å². The number of ether oxygens (including phenoxy) is 1. The zero-order chi connectivity index (χ0) is 24.6. The first-order valence-electron chi connectivity index (χ1n) is 12.0. The number of thiophene rings is 1. The third-order valence-electron chi connectivity index (χ3n) is 6.03. The van der Waals surface area contributed by atoms with Crippen molar-refractivity contribution in [2.75, 3.05) is 18.5 Å². The Morgan fingerprint density at radius 1 is 1.03 bits per heavy atom. The molecule has 4 rings (SSSR count). The number of hydrogen-bond acceptors (Lipinski definition) is 6. The van der Waals surface area contributed by atoms with E-state index in [0.717, 1.165) is 18.5 Å². The first kappa shape index (κ1) is 24.9. The van der Waals surface area contributed by atoms with Gasteiger partial charge in [0.25, 0.3) is 5.56 Å². The molecule has 1 fully saturated rings. The summed E-state index contributed by atoms with van der Waals surface area (Å²) in [5, 5.41) is 7.43. The number of anilines is 1. The van der Waals surface area contributed by atoms with E-state index in [0.29, 0.717) is 49.1 Å². The van der Waals surface area contributed by atoms with Gasteiger partial charge in [0.1, 0.15) is 11.2 Å². The quantitative estimate of drug-likeness (QED) is 0.395. The minimum atomic E-state index is -0.491. The van der Waals surface area contributed by atoms with E-state index in [1.165, 1.54) is 20.5 Å². The van der Waals surface area contributed by atoms with Crippen LogP contribution < -0.4 is 21.9 Å². The van der Waals surface area contributed by atoms with Gasteiger partial charge in [0.15, 0.2) is 0 Å². The highest BCUT2D eigenvalue weighted by Crippen LogP contribution is 2.16. The maximum absolute atomic E-state index is 13.1. The summed E-state index contributed by atoms with van der Waals surface area (Å²) in [4.78, 5) is 50.7. The maximum atomic E-state index is 13.1. The van der Waals surface area contributed by atoms with Gasteiger partial charge in [-0.15, -0.1) is 11.3 Å². The molecule has 3 heterocycles. The maximum Gasteiger partial charge on any atom is 0.332 e. The molecule has 1 atom stereocenters. The smallest absolute Gasteiger partial charge is 0.332 e. The van der Waals surface area contributed by atoms with Gasteiger partial charge in [0, 0.05) is 31.8 Å². The Balaban J connectivity index is 1.34. The van der Waals surface area contributed by atoms with Gasteiger partial charge in [-0.25, -0.2) is 4.79 Å². The van der Waals surface area contributed by atoms with Crippen molar-refractivity contribution in [3.8, 4) is 0 Å². The zero-order valence-corrected chi connectivity index (χ0v) is 20.4. The topological polar surface area (TPSA) is 111 Å². The van der Waals surface area contributed by atoms with Gasteiger partial charge < -0.3 is 15.4 Å². The predicted molar refractivity (Wildman–Crippen MR) is 136 cm³/mol. The molecule has 9 nitrogen and oxygen atoms in total. The third kappa shape index (κ3) is 6.46. The molecule has 186 valence electrons. The lowest BCUT2D eigenvalue weighted by Crippen LogP contribution is -2.43. The van der Waals surface area contributed by atoms with Gasteiger partial charge in [-0.3, -0.25) is 23.5 Å². The van der Waals surface area contributed by atoms with Crippen LogP contribution in [0.4, 0.5) is 5.69 Å². The molecule has 1 saturated heterocycles. The summed E-state index contributed by atoms with van der Waals surface area (Å²) in [5.74, 6) is -0.352. The van der Waals surface area contributed by atoms with Crippen LogP contribution in [0.3, 0.4) is 0 Å². The molecule has 1 aromatic carbocycles. The molecule has 0 aliphatic carbocycles. The van der Waals surface area contributed by atoms with Crippen LogP contribution in [0.2, 0.25) is 0 Å². The van der Waals surface area contributed by atoms with Crippen LogP contribution in [-0.4, -0.2) is 40.2 Å². The number of rotatable bonds is 11. The summed E-state index contributed by atoms with van der Waals surface area (Å²) in [6, 6.07) is 11.0. The Kier molecular flexibility index (Phi) is 8.49. The van der Waals surface area contributed by atoms with Crippen LogP contribution in [0.1, 0.15) is 38.5 Å². The molecule has 35 heavy (non-hydrogen) atoms. The molecule has 0 radical (unpaired) electrons. The first-order chi connectivity index (χ1) is 17.0. The second-order valence-corrected chi connectivity index (χ2v) is 9.54. The summed E-state index contributed by atoms with van der Waals surface area (Å²) in [6.45, 7) is 1.21. The Morgan fingerprint density at radius 2 is 1.86 bits per heavy atom. The van der Waals surface area contributed by atoms with E-state index in [1.54, 1.807) is 11.4 Å². The summed E-state index contributed by atoms with van der Waals surface area (Å²) >= 11 is 1.26. The van der Waals surface area contributed by atoms with E-state index in [9.17, 15) is 19.2 Å². The van der Waals surface area contributed by atoms with Gasteiger partial charge in [-0.2, -0.15) is 0 Å². The van der Waals surface area contributed by atoms with E-state index in [-0.39, 0.29) is 36.6 Å². The number of nitrogens with one attached hydrogen (secondary N) is 2. The fourth-order valence-corrected chi connectivity index (χ4v) is 5.04. The summed E-state index contributed by atoms with van der Waals surface area (Å²) in [7, 11) is 0. The van der Waals surface area contributed by atoms with Gasteiger partial charge in [0.05, 0.1) is 11.6 Å². The molecular formula is C25H30N4O5S. The predicted octanol–water partition coefficient (Wildman–Crippen LogP) is 2.72. The number of carbonyl (C=O) groups excluding carboxylic acids is 2. The van der Waals surface area contributed by atoms with Crippen LogP contribution in [-0.2, 0) is 27.4 Å². The minimum Gasteiger partial charge on any atom is -0.376 e. The van der Waals surface area contributed by atoms with Crippen LogP contribution in [0, 0.1) is 0 Å². The SMILES string of the molecule is O=C(Cn1c(=O)n(CCCCCC(=O)Nc2ccccc2)c(=O)c2sccc21)NCC1CCCO1. The Bertz CT molecular complexity index is 1270. The van der Waals surface area contributed by atoms with E-state index < -0.39 is 5.69 Å². The number of para-hydroxylation sites is 1. The molecule has 2 N–H and O–H groups in total. The van der Waals surface area contributed by atoms with Crippen LogP contribution >= 0.6 is 11.3 Å². The highest BCUT2D eigenvalue weighted by atomic mass is 32.1. The molecule has 0 bridgehead atoms. The number of carbonyl (C=O) groups is 2. The number of aromatic nitrogens is 2. The molecule has 2 amide bonds. The highest BCUT2D eigenvalue weighted by Gasteiger charge is 2.19. The number of hydrogen-bond donors (Lipinski definition) is 2. The molecule has 1 aliphatic rings. The molecule has 10 heteroatoms. The number of fused-ring (bicyclic) bond motifs is 1. The molecule has 1 unspecified atom stereocenters. The molecule has 1 aliphatic heterocycles. The lowest BCUT2D eigenvalue weighted by molar-refractivity contribution is -0.122. The summed E-state index contributed by atoms with van der Waals surface area (Å²) in [6.07, 6.45) is 4.19. The summed E-state index contributed by atoms with van der Waals surface area (Å²) < 4.78 is 8.55.